The number of hydrogen-bond acceptors (Lipinski definition) is 5. The normalized spacial score (nSPS) is 18.4. The van der Waals surface area contributed by atoms with E-state index in [1.165, 1.54) is 0 Å². The second-order valence-corrected chi connectivity index (χ2v) is 6.94. The summed E-state index contributed by atoms with van der Waals surface area (Å²) in [6.45, 7) is 6.86. The number of ether oxygens (including phenoxy) is 1. The van der Waals surface area contributed by atoms with E-state index in [9.17, 15) is 0 Å². The number of halogens is 2. The minimum Gasteiger partial charge on any atom is -0.486 e. The van der Waals surface area contributed by atoms with Gasteiger partial charge in [0.1, 0.15) is 17.4 Å². The molecule has 0 spiro atoms. The minimum atomic E-state index is 0. The van der Waals surface area contributed by atoms with Gasteiger partial charge >= 0.3 is 0 Å². The first-order chi connectivity index (χ1) is 10.7. The zero-order chi connectivity index (χ0) is 15.4. The number of rotatable bonds is 5. The molecular weight excluding hydrogens is 353 g/mol. The molecule has 0 unspecified atom stereocenters. The van der Waals surface area contributed by atoms with Crippen LogP contribution in [0.25, 0.3) is 0 Å². The molecule has 2 heterocycles. The lowest BCUT2D eigenvalue weighted by atomic mass is 10.2. The molecule has 1 N–H and O–H groups in total. The number of piperazine rings is 1. The van der Waals surface area contributed by atoms with Crippen molar-refractivity contribution in [1.29, 1.82) is 0 Å². The van der Waals surface area contributed by atoms with Gasteiger partial charge in [0.2, 0.25) is 0 Å². The van der Waals surface area contributed by atoms with Crippen LogP contribution in [0.3, 0.4) is 0 Å². The van der Waals surface area contributed by atoms with E-state index in [4.69, 9.17) is 16.3 Å². The maximum atomic E-state index is 5.86. The molecule has 0 amide bonds. The van der Waals surface area contributed by atoms with Crippen molar-refractivity contribution in [2.45, 2.75) is 26.1 Å². The van der Waals surface area contributed by atoms with E-state index in [2.05, 4.69) is 27.5 Å². The summed E-state index contributed by atoms with van der Waals surface area (Å²) in [5.41, 5.74) is 1.13. The molecule has 1 saturated heterocycles. The molecule has 1 aliphatic heterocycles. The third kappa shape index (κ3) is 5.62. The number of thiazole rings is 1. The summed E-state index contributed by atoms with van der Waals surface area (Å²) >= 11 is 7.52. The summed E-state index contributed by atoms with van der Waals surface area (Å²) in [6.07, 6.45) is 0. The van der Waals surface area contributed by atoms with Gasteiger partial charge in [-0.15, -0.1) is 23.7 Å². The van der Waals surface area contributed by atoms with Gasteiger partial charge in [0, 0.05) is 42.6 Å². The first kappa shape index (κ1) is 18.5. The molecule has 4 nitrogen and oxygen atoms in total. The molecule has 1 atom stereocenters. The van der Waals surface area contributed by atoms with Gasteiger partial charge in [-0.25, -0.2) is 4.98 Å². The quantitative estimate of drug-likeness (QED) is 0.868. The van der Waals surface area contributed by atoms with Crippen LogP contribution in [0.5, 0.6) is 5.75 Å². The van der Waals surface area contributed by atoms with Gasteiger partial charge in [-0.05, 0) is 31.2 Å². The number of aromatic nitrogens is 1. The van der Waals surface area contributed by atoms with E-state index < -0.39 is 0 Å². The second-order valence-electron chi connectivity index (χ2n) is 5.57. The van der Waals surface area contributed by atoms with E-state index in [1.54, 1.807) is 11.3 Å². The molecule has 126 valence electrons. The predicted octanol–water partition coefficient (Wildman–Crippen LogP) is 3.59. The van der Waals surface area contributed by atoms with Gasteiger partial charge in [-0.1, -0.05) is 11.6 Å². The van der Waals surface area contributed by atoms with Crippen molar-refractivity contribution in [3.05, 3.63) is 45.4 Å². The lowest BCUT2D eigenvalue weighted by Crippen LogP contribution is -2.48. The summed E-state index contributed by atoms with van der Waals surface area (Å²) in [7, 11) is 0. The monoisotopic (exact) mass is 373 g/mol. The molecule has 2 aromatic rings. The Hall–Kier alpha value is -0.850. The number of benzene rings is 1. The maximum Gasteiger partial charge on any atom is 0.140 e. The fraction of sp³-hybridized carbons (Fsp3) is 0.438. The second kappa shape index (κ2) is 8.85. The Bertz CT molecular complexity index is 606. The van der Waals surface area contributed by atoms with Gasteiger partial charge < -0.3 is 10.1 Å². The summed E-state index contributed by atoms with van der Waals surface area (Å²) < 4.78 is 5.73. The molecule has 1 fully saturated rings. The van der Waals surface area contributed by atoms with Crippen LogP contribution in [0.4, 0.5) is 0 Å². The highest BCUT2D eigenvalue weighted by Gasteiger charge is 2.16. The van der Waals surface area contributed by atoms with Crippen molar-refractivity contribution in [2.75, 3.05) is 19.6 Å². The summed E-state index contributed by atoms with van der Waals surface area (Å²) in [6, 6.07) is 7.96. The fourth-order valence-electron chi connectivity index (χ4n) is 2.55. The van der Waals surface area contributed by atoms with Gasteiger partial charge in [-0.2, -0.15) is 0 Å². The van der Waals surface area contributed by atoms with Gasteiger partial charge in [0.25, 0.3) is 0 Å². The van der Waals surface area contributed by atoms with Crippen molar-refractivity contribution in [2.24, 2.45) is 0 Å². The molecule has 1 aliphatic rings. The Balaban J connectivity index is 0.00000192. The Morgan fingerprint density at radius 3 is 2.91 bits per heavy atom. The van der Waals surface area contributed by atoms with Crippen LogP contribution in [0.1, 0.15) is 17.6 Å². The Morgan fingerprint density at radius 2 is 2.17 bits per heavy atom. The van der Waals surface area contributed by atoms with Crippen LogP contribution in [0, 0.1) is 0 Å². The van der Waals surface area contributed by atoms with Crippen molar-refractivity contribution >= 4 is 35.3 Å². The van der Waals surface area contributed by atoms with E-state index in [1.807, 2.05) is 24.3 Å². The van der Waals surface area contributed by atoms with E-state index in [0.29, 0.717) is 17.7 Å². The van der Waals surface area contributed by atoms with Gasteiger partial charge in [0.15, 0.2) is 0 Å². The van der Waals surface area contributed by atoms with E-state index >= 15 is 0 Å². The standard InChI is InChI=1S/C16H20ClN3OS.ClH/c1-12-8-20(7-6-18-12)9-14-11-22-16(19-14)10-21-15-4-2-13(17)3-5-15;/h2-5,11-12,18H,6-10H2,1H3;1H/t12-;/m1./s1. The first-order valence-corrected chi connectivity index (χ1v) is 8.72. The topological polar surface area (TPSA) is 37.4 Å². The molecule has 3 rings (SSSR count). The molecular formula is C16H21Cl2N3OS. The minimum absolute atomic E-state index is 0. The summed E-state index contributed by atoms with van der Waals surface area (Å²) in [5, 5.41) is 7.31. The van der Waals surface area contributed by atoms with E-state index in [0.717, 1.165) is 42.6 Å². The number of nitrogens with one attached hydrogen (secondary N) is 1. The van der Waals surface area contributed by atoms with Crippen molar-refractivity contribution in [3.63, 3.8) is 0 Å². The molecule has 1 aromatic heterocycles. The molecule has 0 aliphatic carbocycles. The lowest BCUT2D eigenvalue weighted by Gasteiger charge is -2.31. The first-order valence-electron chi connectivity index (χ1n) is 7.46. The Kier molecular flexibility index (Phi) is 7.11. The molecule has 1 aromatic carbocycles. The SMILES string of the molecule is C[C@@H]1CN(Cc2csc(COc3ccc(Cl)cc3)n2)CCN1.Cl. The highest BCUT2D eigenvalue weighted by atomic mass is 35.5. The molecule has 0 radical (unpaired) electrons. The highest BCUT2D eigenvalue weighted by molar-refractivity contribution is 7.09. The van der Waals surface area contributed by atoms with Crippen LogP contribution < -0.4 is 10.1 Å². The Labute approximate surface area is 152 Å². The van der Waals surface area contributed by atoms with Crippen molar-refractivity contribution < 1.29 is 4.74 Å². The zero-order valence-electron chi connectivity index (χ0n) is 13.0. The van der Waals surface area contributed by atoms with Crippen LogP contribution in [-0.2, 0) is 13.2 Å². The van der Waals surface area contributed by atoms with Crippen LogP contribution >= 0.6 is 35.3 Å². The third-order valence-corrected chi connectivity index (χ3v) is 4.74. The van der Waals surface area contributed by atoms with Crippen LogP contribution in [-0.4, -0.2) is 35.6 Å². The zero-order valence-corrected chi connectivity index (χ0v) is 15.4. The van der Waals surface area contributed by atoms with Crippen molar-refractivity contribution in [1.82, 2.24) is 15.2 Å². The maximum absolute atomic E-state index is 5.86. The molecule has 0 bridgehead atoms. The van der Waals surface area contributed by atoms with Crippen molar-refractivity contribution in [3.8, 4) is 5.75 Å². The third-order valence-electron chi connectivity index (χ3n) is 3.61. The molecule has 7 heteroatoms. The predicted molar refractivity (Wildman–Crippen MR) is 97.9 cm³/mol. The van der Waals surface area contributed by atoms with Crippen LogP contribution in [0.2, 0.25) is 5.02 Å². The molecule has 23 heavy (non-hydrogen) atoms. The highest BCUT2D eigenvalue weighted by Crippen LogP contribution is 2.19. The van der Waals surface area contributed by atoms with Gasteiger partial charge in [-0.3, -0.25) is 4.90 Å². The summed E-state index contributed by atoms with van der Waals surface area (Å²) in [5.74, 6) is 0.817. The number of hydrogen-bond donors (Lipinski definition) is 1. The summed E-state index contributed by atoms with van der Waals surface area (Å²) in [4.78, 5) is 7.11. The smallest absolute Gasteiger partial charge is 0.140 e. The number of nitrogens with zero attached hydrogens (tertiary/aromatic N) is 2. The van der Waals surface area contributed by atoms with E-state index in [-0.39, 0.29) is 12.4 Å². The average molecular weight is 374 g/mol. The van der Waals surface area contributed by atoms with Gasteiger partial charge in [0.05, 0.1) is 5.69 Å². The lowest BCUT2D eigenvalue weighted by molar-refractivity contribution is 0.197. The Morgan fingerprint density at radius 1 is 1.39 bits per heavy atom. The fourth-order valence-corrected chi connectivity index (χ4v) is 3.37. The van der Waals surface area contributed by atoms with Crippen LogP contribution in [0.15, 0.2) is 29.6 Å². The molecule has 0 saturated carbocycles. The largest absolute Gasteiger partial charge is 0.486 e. The average Bonchev–Trinajstić information content (AvgIpc) is 2.94.